The summed E-state index contributed by atoms with van der Waals surface area (Å²) in [7, 11) is 3.81. The van der Waals surface area contributed by atoms with Gasteiger partial charge in [0.2, 0.25) is 0 Å². The fraction of sp³-hybridized carbons (Fsp3) is 0.375. The Balaban J connectivity index is 0.00000264. The third-order valence-electron chi connectivity index (χ3n) is 3.21. The monoisotopic (exact) mass is 464 g/mol. The number of benzene rings is 1. The SMILES string of the molecule is CN=C(NCCc1csc(C)n1)N(C)Cc1cccc(Cl)c1.I. The van der Waals surface area contributed by atoms with Gasteiger partial charge in [0.25, 0.3) is 0 Å². The van der Waals surface area contributed by atoms with Gasteiger partial charge in [-0.25, -0.2) is 4.98 Å². The van der Waals surface area contributed by atoms with Gasteiger partial charge in [-0.3, -0.25) is 4.99 Å². The molecule has 2 rings (SSSR count). The van der Waals surface area contributed by atoms with Crippen molar-refractivity contribution < 1.29 is 0 Å². The highest BCUT2D eigenvalue weighted by Gasteiger charge is 2.07. The van der Waals surface area contributed by atoms with Crippen molar-refractivity contribution in [1.29, 1.82) is 0 Å². The lowest BCUT2D eigenvalue weighted by atomic mass is 10.2. The fourth-order valence-corrected chi connectivity index (χ4v) is 3.05. The van der Waals surface area contributed by atoms with Crippen LogP contribution in [0.4, 0.5) is 0 Å². The molecule has 0 bridgehead atoms. The molecular weight excluding hydrogens is 443 g/mol. The molecule has 0 fully saturated rings. The minimum absolute atomic E-state index is 0. The van der Waals surface area contributed by atoms with Crippen molar-refractivity contribution in [1.82, 2.24) is 15.2 Å². The number of rotatable bonds is 5. The van der Waals surface area contributed by atoms with Gasteiger partial charge >= 0.3 is 0 Å². The highest BCUT2D eigenvalue weighted by molar-refractivity contribution is 14.0. The summed E-state index contributed by atoms with van der Waals surface area (Å²) in [6.07, 6.45) is 0.897. The molecule has 0 atom stereocenters. The van der Waals surface area contributed by atoms with Crippen molar-refractivity contribution in [3.8, 4) is 0 Å². The Bertz CT molecular complexity index is 645. The van der Waals surface area contributed by atoms with Crippen molar-refractivity contribution in [2.75, 3.05) is 20.6 Å². The second kappa shape index (κ2) is 10.1. The first-order valence-electron chi connectivity index (χ1n) is 7.15. The van der Waals surface area contributed by atoms with E-state index in [9.17, 15) is 0 Å². The number of aromatic nitrogens is 1. The molecule has 1 N–H and O–H groups in total. The van der Waals surface area contributed by atoms with Crippen molar-refractivity contribution in [2.24, 2.45) is 4.99 Å². The standard InChI is InChI=1S/C16H21ClN4S.HI/c1-12-20-15(11-22-12)7-8-19-16(18-2)21(3)10-13-5-4-6-14(17)9-13;/h4-6,9,11H,7-8,10H2,1-3H3,(H,18,19);1H. The number of thiazole rings is 1. The van der Waals surface area contributed by atoms with Crippen LogP contribution >= 0.6 is 46.9 Å². The van der Waals surface area contributed by atoms with Gasteiger partial charge in [0.1, 0.15) is 0 Å². The Morgan fingerprint density at radius 1 is 1.43 bits per heavy atom. The van der Waals surface area contributed by atoms with Crippen molar-refractivity contribution in [3.63, 3.8) is 0 Å². The Morgan fingerprint density at radius 2 is 2.22 bits per heavy atom. The smallest absolute Gasteiger partial charge is 0.193 e. The molecule has 1 aromatic heterocycles. The number of guanidine groups is 1. The first-order chi connectivity index (χ1) is 10.6. The maximum absolute atomic E-state index is 6.02. The Labute approximate surface area is 164 Å². The van der Waals surface area contributed by atoms with Crippen molar-refractivity contribution in [2.45, 2.75) is 19.9 Å². The number of aryl methyl sites for hydroxylation is 1. The van der Waals surface area contributed by atoms with E-state index in [0.717, 1.165) is 46.8 Å². The molecule has 23 heavy (non-hydrogen) atoms. The average Bonchev–Trinajstić information content (AvgIpc) is 2.89. The first kappa shape index (κ1) is 20.2. The second-order valence-electron chi connectivity index (χ2n) is 5.07. The predicted molar refractivity (Wildman–Crippen MR) is 110 cm³/mol. The van der Waals surface area contributed by atoms with Crippen LogP contribution in [-0.2, 0) is 13.0 Å². The summed E-state index contributed by atoms with van der Waals surface area (Å²) in [5.41, 5.74) is 2.29. The zero-order chi connectivity index (χ0) is 15.9. The average molecular weight is 465 g/mol. The maximum Gasteiger partial charge on any atom is 0.193 e. The van der Waals surface area contributed by atoms with Gasteiger partial charge in [0.05, 0.1) is 10.7 Å². The van der Waals surface area contributed by atoms with E-state index in [4.69, 9.17) is 11.6 Å². The van der Waals surface area contributed by atoms with E-state index < -0.39 is 0 Å². The molecule has 0 aliphatic rings. The summed E-state index contributed by atoms with van der Waals surface area (Å²) < 4.78 is 0. The van der Waals surface area contributed by atoms with Crippen LogP contribution < -0.4 is 5.32 Å². The van der Waals surface area contributed by atoms with E-state index in [1.165, 1.54) is 0 Å². The number of aliphatic imine (C=N–C) groups is 1. The lowest BCUT2D eigenvalue weighted by molar-refractivity contribution is 0.477. The summed E-state index contributed by atoms with van der Waals surface area (Å²) in [5.74, 6) is 0.868. The topological polar surface area (TPSA) is 40.5 Å². The van der Waals surface area contributed by atoms with Gasteiger partial charge in [0, 0.05) is 44.0 Å². The fourth-order valence-electron chi connectivity index (χ4n) is 2.19. The number of hydrogen-bond donors (Lipinski definition) is 1. The first-order valence-corrected chi connectivity index (χ1v) is 8.41. The zero-order valence-corrected chi connectivity index (χ0v) is 17.4. The number of hydrogen-bond acceptors (Lipinski definition) is 3. The lowest BCUT2D eigenvalue weighted by Gasteiger charge is -2.22. The summed E-state index contributed by atoms with van der Waals surface area (Å²) in [5, 5.41) is 7.34. The predicted octanol–water partition coefficient (Wildman–Crippen LogP) is 3.97. The third-order valence-corrected chi connectivity index (χ3v) is 4.27. The molecular formula is C16H22ClIN4S. The summed E-state index contributed by atoms with van der Waals surface area (Å²) in [4.78, 5) is 10.9. The largest absolute Gasteiger partial charge is 0.356 e. The van der Waals surface area contributed by atoms with Crippen LogP contribution in [0.15, 0.2) is 34.6 Å². The van der Waals surface area contributed by atoms with Gasteiger partial charge in [-0.15, -0.1) is 35.3 Å². The quantitative estimate of drug-likeness (QED) is 0.413. The normalized spacial score (nSPS) is 11.0. The van der Waals surface area contributed by atoms with E-state index in [1.54, 1.807) is 18.4 Å². The number of nitrogens with one attached hydrogen (secondary N) is 1. The molecule has 0 amide bonds. The van der Waals surface area contributed by atoms with Gasteiger partial charge < -0.3 is 10.2 Å². The highest BCUT2D eigenvalue weighted by Crippen LogP contribution is 2.12. The third kappa shape index (κ3) is 6.64. The molecule has 0 aliphatic heterocycles. The summed E-state index contributed by atoms with van der Waals surface area (Å²) in [6, 6.07) is 7.89. The Morgan fingerprint density at radius 3 is 2.83 bits per heavy atom. The van der Waals surface area contributed by atoms with Crippen LogP contribution in [0.1, 0.15) is 16.3 Å². The summed E-state index contributed by atoms with van der Waals surface area (Å²) >= 11 is 7.71. The Hall–Kier alpha value is -0.860. The van der Waals surface area contributed by atoms with Crippen LogP contribution in [0.3, 0.4) is 0 Å². The number of nitrogens with zero attached hydrogens (tertiary/aromatic N) is 3. The molecule has 0 saturated heterocycles. The van der Waals surface area contributed by atoms with E-state index >= 15 is 0 Å². The van der Waals surface area contributed by atoms with Crippen molar-refractivity contribution in [3.05, 3.63) is 50.9 Å². The molecule has 4 nitrogen and oxygen atoms in total. The van der Waals surface area contributed by atoms with E-state index in [2.05, 4.69) is 31.6 Å². The van der Waals surface area contributed by atoms with Gasteiger partial charge in [-0.05, 0) is 24.6 Å². The van der Waals surface area contributed by atoms with Crippen LogP contribution in [0.2, 0.25) is 5.02 Å². The van der Waals surface area contributed by atoms with E-state index in [0.29, 0.717) is 0 Å². The molecule has 0 spiro atoms. The molecule has 1 heterocycles. The minimum Gasteiger partial charge on any atom is -0.356 e. The Kier molecular flexibility index (Phi) is 8.86. The van der Waals surface area contributed by atoms with Gasteiger partial charge in [0.15, 0.2) is 5.96 Å². The van der Waals surface area contributed by atoms with Crippen LogP contribution in [0.5, 0.6) is 0 Å². The molecule has 7 heteroatoms. The molecule has 0 saturated carbocycles. The van der Waals surface area contributed by atoms with Crippen LogP contribution in [0, 0.1) is 6.92 Å². The zero-order valence-electron chi connectivity index (χ0n) is 13.5. The summed E-state index contributed by atoms with van der Waals surface area (Å²) in [6.45, 7) is 3.60. The molecule has 0 aliphatic carbocycles. The molecule has 0 radical (unpaired) electrons. The van der Waals surface area contributed by atoms with Crippen LogP contribution in [-0.4, -0.2) is 36.5 Å². The van der Waals surface area contributed by atoms with Gasteiger partial charge in [-0.2, -0.15) is 0 Å². The highest BCUT2D eigenvalue weighted by atomic mass is 127. The molecule has 0 unspecified atom stereocenters. The minimum atomic E-state index is 0. The second-order valence-corrected chi connectivity index (χ2v) is 6.57. The van der Waals surface area contributed by atoms with E-state index in [-0.39, 0.29) is 24.0 Å². The lowest BCUT2D eigenvalue weighted by Crippen LogP contribution is -2.39. The maximum atomic E-state index is 6.02. The van der Waals surface area contributed by atoms with Gasteiger partial charge in [-0.1, -0.05) is 23.7 Å². The molecule has 2 aromatic rings. The van der Waals surface area contributed by atoms with Crippen LogP contribution in [0.25, 0.3) is 0 Å². The number of halogens is 2. The molecule has 1 aromatic carbocycles. The molecule has 126 valence electrons. The van der Waals surface area contributed by atoms with E-state index in [1.807, 2.05) is 32.2 Å². The van der Waals surface area contributed by atoms with Crippen molar-refractivity contribution >= 4 is 52.9 Å².